The third kappa shape index (κ3) is 3.58. The van der Waals surface area contributed by atoms with E-state index in [9.17, 15) is 22.7 Å². The molecule has 2 heterocycles. The van der Waals surface area contributed by atoms with Crippen molar-refractivity contribution in [1.82, 2.24) is 10.1 Å². The first-order valence-electron chi connectivity index (χ1n) is 8.92. The molecule has 1 aliphatic heterocycles. The minimum absolute atomic E-state index is 0.119. The summed E-state index contributed by atoms with van der Waals surface area (Å²) in [6, 6.07) is 7.41. The predicted octanol–water partition coefficient (Wildman–Crippen LogP) is 4.03. The maximum atomic E-state index is 14.2. The molecular formula is C20H17F4N3O2. The van der Waals surface area contributed by atoms with E-state index in [1.807, 2.05) is 6.92 Å². The molecule has 152 valence electrons. The molecule has 0 aliphatic carbocycles. The largest absolute Gasteiger partial charge is 0.361 e. The smallest absolute Gasteiger partial charge is 0.194 e. The molecule has 0 saturated heterocycles. The highest BCUT2D eigenvalue weighted by molar-refractivity contribution is 5.63. The Balaban J connectivity index is 1.60. The van der Waals surface area contributed by atoms with Gasteiger partial charge in [0.05, 0.1) is 11.3 Å². The number of anilines is 1. The molecule has 1 aliphatic rings. The second-order valence-corrected chi connectivity index (χ2v) is 6.91. The van der Waals surface area contributed by atoms with Crippen molar-refractivity contribution < 1.29 is 27.2 Å². The Hall–Kier alpha value is -2.91. The molecule has 3 aromatic rings. The summed E-state index contributed by atoms with van der Waals surface area (Å²) >= 11 is 0. The van der Waals surface area contributed by atoms with E-state index in [2.05, 4.69) is 10.5 Å². The Labute approximate surface area is 163 Å². The summed E-state index contributed by atoms with van der Waals surface area (Å²) in [4.78, 5) is 1.60. The highest BCUT2D eigenvalue weighted by atomic mass is 19.2. The van der Waals surface area contributed by atoms with Crippen molar-refractivity contribution in [3.05, 3.63) is 70.9 Å². The van der Waals surface area contributed by atoms with E-state index < -0.39 is 29.6 Å². The van der Waals surface area contributed by atoms with Gasteiger partial charge in [-0.1, -0.05) is 17.3 Å². The quantitative estimate of drug-likeness (QED) is 0.389. The molecule has 0 radical (unpaired) electrons. The average molecular weight is 407 g/mol. The van der Waals surface area contributed by atoms with Crippen LogP contribution in [0.25, 0.3) is 11.3 Å². The van der Waals surface area contributed by atoms with Gasteiger partial charge in [0.25, 0.3) is 0 Å². The standard InChI is InChI=1S/C20H17F4N3O2/c1-10-6-17-13(19(29-26-17)12-4-2-3-5-14(12)21)9-27(10)20(28)25-11-7-15(22)18(24)16(23)8-11/h2-5,7-8,10,20,25,28H,6,9H2,1H3/t10-,20?/m0/s1. The van der Waals surface area contributed by atoms with Crippen molar-refractivity contribution in [3.63, 3.8) is 0 Å². The minimum Gasteiger partial charge on any atom is -0.361 e. The minimum atomic E-state index is -1.58. The molecule has 0 fully saturated rings. The van der Waals surface area contributed by atoms with Crippen LogP contribution in [0.4, 0.5) is 23.2 Å². The molecule has 29 heavy (non-hydrogen) atoms. The topological polar surface area (TPSA) is 61.5 Å². The molecule has 2 atom stereocenters. The molecule has 1 unspecified atom stereocenters. The zero-order valence-corrected chi connectivity index (χ0v) is 15.3. The van der Waals surface area contributed by atoms with Gasteiger partial charge in [-0.25, -0.2) is 17.6 Å². The maximum absolute atomic E-state index is 14.2. The number of hydrogen-bond acceptors (Lipinski definition) is 5. The van der Waals surface area contributed by atoms with E-state index in [0.717, 1.165) is 12.1 Å². The van der Waals surface area contributed by atoms with Gasteiger partial charge in [0.2, 0.25) is 0 Å². The van der Waals surface area contributed by atoms with E-state index in [4.69, 9.17) is 4.52 Å². The highest BCUT2D eigenvalue weighted by Gasteiger charge is 2.33. The van der Waals surface area contributed by atoms with Gasteiger partial charge in [-0.05, 0) is 19.1 Å². The predicted molar refractivity (Wildman–Crippen MR) is 96.6 cm³/mol. The summed E-state index contributed by atoms with van der Waals surface area (Å²) in [5, 5.41) is 17.2. The Morgan fingerprint density at radius 2 is 1.83 bits per heavy atom. The average Bonchev–Trinajstić information content (AvgIpc) is 3.08. The van der Waals surface area contributed by atoms with Crippen molar-refractivity contribution in [2.24, 2.45) is 0 Å². The van der Waals surface area contributed by atoms with Crippen molar-refractivity contribution in [2.75, 3.05) is 5.32 Å². The lowest BCUT2D eigenvalue weighted by atomic mass is 9.97. The first kappa shape index (κ1) is 19.4. The van der Waals surface area contributed by atoms with Crippen molar-refractivity contribution >= 4 is 5.69 Å². The molecular weight excluding hydrogens is 390 g/mol. The van der Waals surface area contributed by atoms with Crippen LogP contribution in [0.1, 0.15) is 18.2 Å². The zero-order valence-electron chi connectivity index (χ0n) is 15.3. The summed E-state index contributed by atoms with van der Waals surface area (Å²) in [6.07, 6.45) is -0.927. The van der Waals surface area contributed by atoms with E-state index >= 15 is 0 Å². The number of aromatic nitrogens is 1. The van der Waals surface area contributed by atoms with Crippen LogP contribution in [0.5, 0.6) is 0 Å². The molecule has 5 nitrogen and oxygen atoms in total. The number of nitrogens with zero attached hydrogens (tertiary/aromatic N) is 2. The van der Waals surface area contributed by atoms with Gasteiger partial charge in [0, 0.05) is 42.4 Å². The van der Waals surface area contributed by atoms with E-state index in [1.165, 1.54) is 6.07 Å². The second-order valence-electron chi connectivity index (χ2n) is 6.91. The fourth-order valence-electron chi connectivity index (χ4n) is 3.46. The zero-order chi connectivity index (χ0) is 20.7. The van der Waals surface area contributed by atoms with Crippen molar-refractivity contribution in [3.8, 4) is 11.3 Å². The number of hydrogen-bond donors (Lipinski definition) is 2. The fraction of sp³-hybridized carbons (Fsp3) is 0.250. The number of benzene rings is 2. The number of fused-ring (bicyclic) bond motifs is 1. The molecule has 4 rings (SSSR count). The van der Waals surface area contributed by atoms with Gasteiger partial charge >= 0.3 is 0 Å². The van der Waals surface area contributed by atoms with Crippen LogP contribution in [-0.2, 0) is 13.0 Å². The number of rotatable bonds is 4. The number of halogens is 4. The lowest BCUT2D eigenvalue weighted by Gasteiger charge is -2.36. The molecule has 0 spiro atoms. The van der Waals surface area contributed by atoms with Crippen LogP contribution in [-0.4, -0.2) is 27.6 Å². The van der Waals surface area contributed by atoms with Gasteiger partial charge in [-0.15, -0.1) is 0 Å². The highest BCUT2D eigenvalue weighted by Crippen LogP contribution is 2.34. The number of nitrogens with one attached hydrogen (secondary N) is 1. The van der Waals surface area contributed by atoms with E-state index in [0.29, 0.717) is 17.7 Å². The fourth-order valence-corrected chi connectivity index (χ4v) is 3.46. The van der Waals surface area contributed by atoms with E-state index in [-0.39, 0.29) is 29.6 Å². The maximum Gasteiger partial charge on any atom is 0.194 e. The third-order valence-corrected chi connectivity index (χ3v) is 4.98. The Bertz CT molecular complexity index is 1030. The van der Waals surface area contributed by atoms with Crippen molar-refractivity contribution in [2.45, 2.75) is 32.3 Å². The Morgan fingerprint density at radius 3 is 2.52 bits per heavy atom. The summed E-state index contributed by atoms with van der Waals surface area (Å²) in [6.45, 7) is 1.99. The van der Waals surface area contributed by atoms with Gasteiger partial charge in [0.15, 0.2) is 29.6 Å². The summed E-state index contributed by atoms with van der Waals surface area (Å²) in [5.74, 6) is -4.52. The Morgan fingerprint density at radius 1 is 1.14 bits per heavy atom. The SMILES string of the molecule is C[C@H]1Cc2noc(-c3ccccc3F)c2CN1C(O)Nc1cc(F)c(F)c(F)c1. The Kier molecular flexibility index (Phi) is 5.01. The summed E-state index contributed by atoms with van der Waals surface area (Å²) < 4.78 is 59.6. The lowest BCUT2D eigenvalue weighted by Crippen LogP contribution is -2.48. The van der Waals surface area contributed by atoms with Crippen LogP contribution in [0, 0.1) is 23.3 Å². The van der Waals surface area contributed by atoms with Gasteiger partial charge < -0.3 is 14.9 Å². The van der Waals surface area contributed by atoms with Crippen LogP contribution in [0.3, 0.4) is 0 Å². The first-order valence-corrected chi connectivity index (χ1v) is 8.92. The second kappa shape index (κ2) is 7.49. The molecule has 1 aromatic heterocycles. The lowest BCUT2D eigenvalue weighted by molar-refractivity contribution is -0.0120. The van der Waals surface area contributed by atoms with Crippen LogP contribution in [0.15, 0.2) is 40.9 Å². The molecule has 0 amide bonds. The summed E-state index contributed by atoms with van der Waals surface area (Å²) in [5.41, 5.74) is 1.40. The molecule has 9 heteroatoms. The first-order chi connectivity index (χ1) is 13.8. The van der Waals surface area contributed by atoms with Gasteiger partial charge in [-0.2, -0.15) is 0 Å². The summed E-state index contributed by atoms with van der Waals surface area (Å²) in [7, 11) is 0. The third-order valence-electron chi connectivity index (χ3n) is 4.98. The molecule has 0 bridgehead atoms. The van der Waals surface area contributed by atoms with Crippen LogP contribution >= 0.6 is 0 Å². The van der Waals surface area contributed by atoms with Crippen LogP contribution in [0.2, 0.25) is 0 Å². The monoisotopic (exact) mass is 407 g/mol. The van der Waals surface area contributed by atoms with Gasteiger partial charge in [-0.3, -0.25) is 4.90 Å². The molecule has 0 saturated carbocycles. The number of aliphatic hydroxyl groups is 1. The number of aliphatic hydroxyl groups excluding tert-OH is 1. The van der Waals surface area contributed by atoms with Gasteiger partial charge in [0.1, 0.15) is 5.82 Å². The molecule has 2 aromatic carbocycles. The molecule has 2 N–H and O–H groups in total. The van der Waals surface area contributed by atoms with E-state index in [1.54, 1.807) is 23.1 Å². The van der Waals surface area contributed by atoms with Crippen molar-refractivity contribution in [1.29, 1.82) is 0 Å². The normalized spacial score (nSPS) is 17.8. The van der Waals surface area contributed by atoms with Crippen LogP contribution < -0.4 is 5.32 Å².